The zero-order valence-electron chi connectivity index (χ0n) is 17.7. The van der Waals surface area contributed by atoms with Gasteiger partial charge in [-0.25, -0.2) is 0 Å². The van der Waals surface area contributed by atoms with Crippen LogP contribution in [-0.2, 0) is 9.59 Å². The molecule has 6 heteroatoms. The van der Waals surface area contributed by atoms with E-state index in [1.807, 2.05) is 24.3 Å². The molecule has 3 aliphatic rings. The van der Waals surface area contributed by atoms with Crippen LogP contribution in [0.2, 0.25) is 0 Å². The van der Waals surface area contributed by atoms with Gasteiger partial charge in [0.1, 0.15) is 0 Å². The molecule has 0 radical (unpaired) electrons. The van der Waals surface area contributed by atoms with Gasteiger partial charge < -0.3 is 20.1 Å². The SMILES string of the molecule is CC(=O)Oc1cccc2c1NC1(C)CC2C2CC1(C)Nc1c(OC(C)=O)cccc12. The number of benzene rings is 2. The van der Waals surface area contributed by atoms with Gasteiger partial charge in [-0.1, -0.05) is 24.3 Å². The van der Waals surface area contributed by atoms with Gasteiger partial charge in [-0.15, -0.1) is 0 Å². The molecule has 2 aromatic carbocycles. The maximum Gasteiger partial charge on any atom is 0.308 e. The third-order valence-electron chi connectivity index (χ3n) is 7.18. The molecule has 1 aliphatic carbocycles. The second-order valence-electron chi connectivity index (χ2n) is 9.16. The average molecular weight is 406 g/mol. The summed E-state index contributed by atoms with van der Waals surface area (Å²) in [4.78, 5) is 23.3. The van der Waals surface area contributed by atoms with Crippen LogP contribution in [0.1, 0.15) is 63.5 Å². The Bertz CT molecular complexity index is 995. The standard InChI is InChI=1S/C24H26N2O4/c1-13(27)29-19-9-5-7-15-17-11-23(3,25-21(15)19)24(4)12-18(17)16-8-6-10-20(22(16)26-24)30-14(2)28/h5-10,17-18,25-26H,11-12H2,1-4H3. The first-order valence-electron chi connectivity index (χ1n) is 10.4. The van der Waals surface area contributed by atoms with E-state index in [-0.39, 0.29) is 34.9 Å². The van der Waals surface area contributed by atoms with E-state index in [0.717, 1.165) is 24.2 Å². The molecule has 2 heterocycles. The lowest BCUT2D eigenvalue weighted by Crippen LogP contribution is -2.67. The molecule has 0 amide bonds. The molecule has 2 aromatic rings. The molecule has 5 rings (SSSR count). The summed E-state index contributed by atoms with van der Waals surface area (Å²) < 4.78 is 11.1. The number of carbonyl (C=O) groups excluding carboxylic acids is 2. The Labute approximate surface area is 176 Å². The van der Waals surface area contributed by atoms with E-state index in [4.69, 9.17) is 9.47 Å². The van der Waals surface area contributed by atoms with Crippen LogP contribution in [-0.4, -0.2) is 23.0 Å². The quantitative estimate of drug-likeness (QED) is 0.562. The minimum atomic E-state index is -0.327. The molecule has 2 aliphatic heterocycles. The normalized spacial score (nSPS) is 30.1. The van der Waals surface area contributed by atoms with E-state index in [9.17, 15) is 9.59 Å². The average Bonchev–Trinajstić information content (AvgIpc) is 2.66. The smallest absolute Gasteiger partial charge is 0.308 e. The van der Waals surface area contributed by atoms with Gasteiger partial charge in [0, 0.05) is 13.8 Å². The number of rotatable bonds is 2. The number of carbonyl (C=O) groups is 2. The minimum Gasteiger partial charge on any atom is -0.424 e. The number of para-hydroxylation sites is 2. The summed E-state index contributed by atoms with van der Waals surface area (Å²) in [5, 5.41) is 7.44. The molecule has 4 bridgehead atoms. The summed E-state index contributed by atoms with van der Waals surface area (Å²) in [6, 6.07) is 11.8. The molecule has 1 fully saturated rings. The molecule has 6 nitrogen and oxygen atoms in total. The van der Waals surface area contributed by atoms with E-state index in [0.29, 0.717) is 11.5 Å². The topological polar surface area (TPSA) is 76.7 Å². The van der Waals surface area contributed by atoms with Crippen LogP contribution in [0.25, 0.3) is 0 Å². The Balaban J connectivity index is 1.69. The Hall–Kier alpha value is -3.02. The number of anilines is 2. The second-order valence-corrected chi connectivity index (χ2v) is 9.16. The minimum absolute atomic E-state index is 0.267. The second kappa shape index (κ2) is 6.24. The van der Waals surface area contributed by atoms with E-state index in [1.165, 1.54) is 25.0 Å². The lowest BCUT2D eigenvalue weighted by atomic mass is 9.54. The number of ether oxygens (including phenoxy) is 2. The fourth-order valence-corrected chi connectivity index (χ4v) is 5.66. The third kappa shape index (κ3) is 2.62. The molecule has 0 aromatic heterocycles. The largest absolute Gasteiger partial charge is 0.424 e. The van der Waals surface area contributed by atoms with Crippen molar-refractivity contribution in [2.45, 2.75) is 63.5 Å². The van der Waals surface area contributed by atoms with Crippen molar-refractivity contribution in [3.63, 3.8) is 0 Å². The highest BCUT2D eigenvalue weighted by molar-refractivity contribution is 5.79. The molecule has 1 saturated carbocycles. The first-order chi connectivity index (χ1) is 14.2. The Morgan fingerprint density at radius 1 is 0.800 bits per heavy atom. The highest BCUT2D eigenvalue weighted by atomic mass is 16.5. The summed E-state index contributed by atoms with van der Waals surface area (Å²) in [6.07, 6.45) is 1.91. The van der Waals surface area contributed by atoms with Crippen LogP contribution < -0.4 is 20.1 Å². The highest BCUT2D eigenvalue weighted by Crippen LogP contribution is 2.63. The summed E-state index contributed by atoms with van der Waals surface area (Å²) in [5.74, 6) is 1.03. The Morgan fingerprint density at radius 2 is 1.20 bits per heavy atom. The van der Waals surface area contributed by atoms with Crippen molar-refractivity contribution in [1.82, 2.24) is 0 Å². The zero-order chi connectivity index (χ0) is 21.3. The van der Waals surface area contributed by atoms with Crippen molar-refractivity contribution in [2.75, 3.05) is 10.6 Å². The van der Waals surface area contributed by atoms with Gasteiger partial charge in [0.2, 0.25) is 0 Å². The van der Waals surface area contributed by atoms with Gasteiger partial charge in [0.25, 0.3) is 0 Å². The number of nitrogens with one attached hydrogen (secondary N) is 2. The van der Waals surface area contributed by atoms with Crippen LogP contribution in [0, 0.1) is 0 Å². The van der Waals surface area contributed by atoms with Crippen molar-refractivity contribution >= 4 is 23.3 Å². The maximum atomic E-state index is 11.7. The maximum absolute atomic E-state index is 11.7. The predicted molar refractivity (Wildman–Crippen MR) is 114 cm³/mol. The van der Waals surface area contributed by atoms with Crippen LogP contribution in [0.3, 0.4) is 0 Å². The monoisotopic (exact) mass is 406 g/mol. The van der Waals surface area contributed by atoms with E-state index in [1.54, 1.807) is 0 Å². The summed E-state index contributed by atoms with van der Waals surface area (Å²) in [6.45, 7) is 7.29. The van der Waals surface area contributed by atoms with Crippen molar-refractivity contribution in [3.8, 4) is 11.5 Å². The van der Waals surface area contributed by atoms with Gasteiger partial charge in [0.15, 0.2) is 11.5 Å². The fourth-order valence-electron chi connectivity index (χ4n) is 5.66. The summed E-state index contributed by atoms with van der Waals surface area (Å²) in [7, 11) is 0. The van der Waals surface area contributed by atoms with Crippen LogP contribution in [0.4, 0.5) is 11.4 Å². The molecular weight excluding hydrogens is 380 g/mol. The van der Waals surface area contributed by atoms with Gasteiger partial charge in [-0.3, -0.25) is 9.59 Å². The fraction of sp³-hybridized carbons (Fsp3) is 0.417. The summed E-state index contributed by atoms with van der Waals surface area (Å²) in [5.41, 5.74) is 3.59. The summed E-state index contributed by atoms with van der Waals surface area (Å²) >= 11 is 0. The number of esters is 2. The van der Waals surface area contributed by atoms with Crippen molar-refractivity contribution in [1.29, 1.82) is 0 Å². The molecule has 156 valence electrons. The molecule has 0 spiro atoms. The van der Waals surface area contributed by atoms with E-state index >= 15 is 0 Å². The first kappa shape index (κ1) is 19.0. The molecular formula is C24H26N2O4. The van der Waals surface area contributed by atoms with Gasteiger partial charge >= 0.3 is 11.9 Å². The van der Waals surface area contributed by atoms with Crippen LogP contribution >= 0.6 is 0 Å². The number of hydrogen-bond donors (Lipinski definition) is 2. The van der Waals surface area contributed by atoms with Crippen molar-refractivity contribution in [3.05, 3.63) is 47.5 Å². The zero-order valence-corrected chi connectivity index (χ0v) is 17.7. The van der Waals surface area contributed by atoms with Gasteiger partial charge in [-0.2, -0.15) is 0 Å². The molecule has 0 saturated heterocycles. The molecule has 4 atom stereocenters. The Morgan fingerprint density at radius 3 is 1.57 bits per heavy atom. The van der Waals surface area contributed by atoms with Crippen LogP contribution in [0.15, 0.2) is 36.4 Å². The molecule has 4 unspecified atom stereocenters. The third-order valence-corrected chi connectivity index (χ3v) is 7.18. The Kier molecular flexibility index (Phi) is 3.95. The number of hydrogen-bond acceptors (Lipinski definition) is 6. The van der Waals surface area contributed by atoms with E-state index in [2.05, 4.69) is 36.6 Å². The highest BCUT2D eigenvalue weighted by Gasteiger charge is 2.59. The van der Waals surface area contributed by atoms with Gasteiger partial charge in [-0.05, 0) is 61.8 Å². The molecule has 30 heavy (non-hydrogen) atoms. The van der Waals surface area contributed by atoms with Crippen molar-refractivity contribution < 1.29 is 19.1 Å². The van der Waals surface area contributed by atoms with Crippen molar-refractivity contribution in [2.24, 2.45) is 0 Å². The number of fused-ring (bicyclic) bond motifs is 10. The van der Waals surface area contributed by atoms with Crippen LogP contribution in [0.5, 0.6) is 11.5 Å². The van der Waals surface area contributed by atoms with E-state index < -0.39 is 0 Å². The molecule has 2 N–H and O–H groups in total. The predicted octanol–water partition coefficient (Wildman–Crippen LogP) is 4.57. The lowest BCUT2D eigenvalue weighted by Gasteiger charge is -2.61. The van der Waals surface area contributed by atoms with Gasteiger partial charge in [0.05, 0.1) is 22.5 Å². The lowest BCUT2D eigenvalue weighted by molar-refractivity contribution is -0.132. The first-order valence-corrected chi connectivity index (χ1v) is 10.4.